The van der Waals surface area contributed by atoms with Crippen LogP contribution >= 0.6 is 22.6 Å². The molecule has 72 valence electrons. The lowest BCUT2D eigenvalue weighted by Crippen LogP contribution is -1.96. The fourth-order valence-corrected chi connectivity index (χ4v) is 2.25. The highest BCUT2D eigenvalue weighted by Crippen LogP contribution is 2.34. The predicted molar refractivity (Wildman–Crippen MR) is 61.6 cm³/mol. The van der Waals surface area contributed by atoms with Crippen molar-refractivity contribution in [2.24, 2.45) is 0 Å². The van der Waals surface area contributed by atoms with Gasteiger partial charge in [0.05, 0.1) is 17.8 Å². The molecule has 0 saturated carbocycles. The third kappa shape index (κ3) is 2.07. The monoisotopic (exact) mass is 292 g/mol. The zero-order valence-electron chi connectivity index (χ0n) is 8.06. The van der Waals surface area contributed by atoms with E-state index < -0.39 is 0 Å². The van der Waals surface area contributed by atoms with Crippen molar-refractivity contribution in [2.45, 2.75) is 13.3 Å². The van der Waals surface area contributed by atoms with E-state index in [0.29, 0.717) is 0 Å². The molecule has 13 heavy (non-hydrogen) atoms. The van der Waals surface area contributed by atoms with Crippen LogP contribution in [-0.2, 0) is 6.42 Å². The molecule has 0 bridgehead atoms. The molecule has 0 saturated heterocycles. The van der Waals surface area contributed by atoms with Gasteiger partial charge in [-0.15, -0.1) is 0 Å². The molecule has 0 fully saturated rings. The van der Waals surface area contributed by atoms with Gasteiger partial charge in [-0.25, -0.2) is 0 Å². The molecule has 0 heterocycles. The Morgan fingerprint density at radius 1 is 1.23 bits per heavy atom. The highest BCUT2D eigenvalue weighted by Gasteiger charge is 2.10. The topological polar surface area (TPSA) is 18.5 Å². The summed E-state index contributed by atoms with van der Waals surface area (Å²) in [5.41, 5.74) is 1.29. The molecular formula is C10H13IO2. The summed E-state index contributed by atoms with van der Waals surface area (Å²) in [4.78, 5) is 0. The molecule has 0 spiro atoms. The third-order valence-electron chi connectivity index (χ3n) is 1.95. The summed E-state index contributed by atoms with van der Waals surface area (Å²) >= 11 is 2.28. The fourth-order valence-electron chi connectivity index (χ4n) is 1.20. The van der Waals surface area contributed by atoms with Crippen LogP contribution < -0.4 is 9.47 Å². The van der Waals surface area contributed by atoms with E-state index in [1.807, 2.05) is 6.07 Å². The first-order valence-corrected chi connectivity index (χ1v) is 5.21. The quantitative estimate of drug-likeness (QED) is 0.798. The third-order valence-corrected chi connectivity index (χ3v) is 3.13. The summed E-state index contributed by atoms with van der Waals surface area (Å²) in [6, 6.07) is 4.02. The number of methoxy groups -OCH3 is 2. The molecule has 0 N–H and O–H groups in total. The van der Waals surface area contributed by atoms with E-state index in [0.717, 1.165) is 21.5 Å². The first-order chi connectivity index (χ1) is 6.24. The SMILES string of the molecule is CCc1ccc(OC)c(OC)c1I. The van der Waals surface area contributed by atoms with Crippen LogP contribution in [0.5, 0.6) is 11.5 Å². The maximum absolute atomic E-state index is 5.28. The van der Waals surface area contributed by atoms with Gasteiger partial charge in [0.2, 0.25) is 0 Å². The zero-order chi connectivity index (χ0) is 9.84. The standard InChI is InChI=1S/C10H13IO2/c1-4-7-5-6-8(12-2)10(13-3)9(7)11/h5-6H,4H2,1-3H3. The Morgan fingerprint density at radius 3 is 2.38 bits per heavy atom. The Labute approximate surface area is 92.4 Å². The van der Waals surface area contributed by atoms with Gasteiger partial charge >= 0.3 is 0 Å². The average Bonchev–Trinajstić information content (AvgIpc) is 2.17. The highest BCUT2D eigenvalue weighted by molar-refractivity contribution is 14.1. The average molecular weight is 292 g/mol. The summed E-state index contributed by atoms with van der Waals surface area (Å²) < 4.78 is 11.6. The molecule has 0 unspecified atom stereocenters. The van der Waals surface area contributed by atoms with Gasteiger partial charge in [-0.05, 0) is 40.6 Å². The maximum Gasteiger partial charge on any atom is 0.174 e. The van der Waals surface area contributed by atoms with Crippen molar-refractivity contribution in [3.63, 3.8) is 0 Å². The largest absolute Gasteiger partial charge is 0.493 e. The van der Waals surface area contributed by atoms with Crippen molar-refractivity contribution in [3.8, 4) is 11.5 Å². The van der Waals surface area contributed by atoms with Crippen LogP contribution in [0.3, 0.4) is 0 Å². The van der Waals surface area contributed by atoms with Crippen LogP contribution in [0.4, 0.5) is 0 Å². The van der Waals surface area contributed by atoms with Crippen LogP contribution in [0, 0.1) is 3.57 Å². The van der Waals surface area contributed by atoms with E-state index >= 15 is 0 Å². The van der Waals surface area contributed by atoms with Gasteiger partial charge < -0.3 is 9.47 Å². The van der Waals surface area contributed by atoms with E-state index in [1.54, 1.807) is 14.2 Å². The first-order valence-electron chi connectivity index (χ1n) is 4.14. The molecular weight excluding hydrogens is 279 g/mol. The van der Waals surface area contributed by atoms with E-state index in [9.17, 15) is 0 Å². The van der Waals surface area contributed by atoms with Crippen LogP contribution in [0.1, 0.15) is 12.5 Å². The Balaban J connectivity index is 3.23. The molecule has 0 aliphatic heterocycles. The number of hydrogen-bond donors (Lipinski definition) is 0. The molecule has 0 radical (unpaired) electrons. The summed E-state index contributed by atoms with van der Waals surface area (Å²) in [6.45, 7) is 2.13. The van der Waals surface area contributed by atoms with Crippen LogP contribution in [0.25, 0.3) is 0 Å². The molecule has 0 aliphatic carbocycles. The lowest BCUT2D eigenvalue weighted by molar-refractivity contribution is 0.352. The molecule has 0 atom stereocenters. The summed E-state index contributed by atoms with van der Waals surface area (Å²) in [6.07, 6.45) is 1.01. The first kappa shape index (κ1) is 10.6. The van der Waals surface area contributed by atoms with Crippen molar-refractivity contribution < 1.29 is 9.47 Å². The maximum atomic E-state index is 5.28. The lowest BCUT2D eigenvalue weighted by Gasteiger charge is -2.11. The lowest BCUT2D eigenvalue weighted by atomic mass is 10.1. The highest BCUT2D eigenvalue weighted by atomic mass is 127. The molecule has 1 aromatic carbocycles. The number of hydrogen-bond acceptors (Lipinski definition) is 2. The molecule has 2 nitrogen and oxygen atoms in total. The van der Waals surface area contributed by atoms with Crippen LogP contribution in [-0.4, -0.2) is 14.2 Å². The van der Waals surface area contributed by atoms with Gasteiger partial charge in [0.25, 0.3) is 0 Å². The van der Waals surface area contributed by atoms with Gasteiger partial charge in [0.1, 0.15) is 0 Å². The second-order valence-corrected chi connectivity index (χ2v) is 3.71. The number of benzene rings is 1. The van der Waals surface area contributed by atoms with Crippen molar-refractivity contribution in [3.05, 3.63) is 21.3 Å². The minimum atomic E-state index is 0.795. The van der Waals surface area contributed by atoms with Gasteiger partial charge in [-0.1, -0.05) is 13.0 Å². The predicted octanol–water partition coefficient (Wildman–Crippen LogP) is 2.87. The molecule has 0 aromatic heterocycles. The summed E-state index contributed by atoms with van der Waals surface area (Å²) in [7, 11) is 3.32. The van der Waals surface area contributed by atoms with Gasteiger partial charge in [0, 0.05) is 0 Å². The number of aryl methyl sites for hydroxylation is 1. The fraction of sp³-hybridized carbons (Fsp3) is 0.400. The molecule has 3 heteroatoms. The second-order valence-electron chi connectivity index (χ2n) is 2.63. The number of halogens is 1. The van der Waals surface area contributed by atoms with E-state index in [2.05, 4.69) is 35.6 Å². The summed E-state index contributed by atoms with van der Waals surface area (Å²) in [5.74, 6) is 1.63. The molecule has 1 rings (SSSR count). The molecule has 1 aromatic rings. The Hall–Kier alpha value is -0.450. The zero-order valence-corrected chi connectivity index (χ0v) is 10.2. The Kier molecular flexibility index (Phi) is 3.84. The van der Waals surface area contributed by atoms with E-state index in [-0.39, 0.29) is 0 Å². The second kappa shape index (κ2) is 4.69. The van der Waals surface area contributed by atoms with E-state index in [1.165, 1.54) is 5.56 Å². The smallest absolute Gasteiger partial charge is 0.174 e. The van der Waals surface area contributed by atoms with E-state index in [4.69, 9.17) is 9.47 Å². The summed E-state index contributed by atoms with van der Waals surface area (Å²) in [5, 5.41) is 0. The normalized spacial score (nSPS) is 9.85. The molecule has 0 amide bonds. The number of ether oxygens (including phenoxy) is 2. The Bertz CT molecular complexity index is 297. The van der Waals surface area contributed by atoms with Crippen LogP contribution in [0.15, 0.2) is 12.1 Å². The van der Waals surface area contributed by atoms with Crippen molar-refractivity contribution in [1.82, 2.24) is 0 Å². The van der Waals surface area contributed by atoms with Gasteiger partial charge in [0.15, 0.2) is 11.5 Å². The van der Waals surface area contributed by atoms with Crippen LogP contribution in [0.2, 0.25) is 0 Å². The van der Waals surface area contributed by atoms with Gasteiger partial charge in [-0.3, -0.25) is 0 Å². The van der Waals surface area contributed by atoms with Crippen molar-refractivity contribution in [1.29, 1.82) is 0 Å². The van der Waals surface area contributed by atoms with Crippen molar-refractivity contribution in [2.75, 3.05) is 14.2 Å². The molecule has 0 aliphatic rings. The minimum absolute atomic E-state index is 0.795. The van der Waals surface area contributed by atoms with Crippen molar-refractivity contribution >= 4 is 22.6 Å². The van der Waals surface area contributed by atoms with Gasteiger partial charge in [-0.2, -0.15) is 0 Å². The number of rotatable bonds is 3. The minimum Gasteiger partial charge on any atom is -0.493 e. The Morgan fingerprint density at radius 2 is 1.92 bits per heavy atom.